The maximum absolute atomic E-state index is 13.6. The van der Waals surface area contributed by atoms with Gasteiger partial charge in [-0.25, -0.2) is 9.67 Å². The number of hydrogen-bond acceptors (Lipinski definition) is 6. The fourth-order valence-electron chi connectivity index (χ4n) is 4.80. The van der Waals surface area contributed by atoms with Crippen molar-refractivity contribution in [3.05, 3.63) is 77.3 Å². The second-order valence-electron chi connectivity index (χ2n) is 9.29. The number of amides is 1. The minimum absolute atomic E-state index is 0.107. The van der Waals surface area contributed by atoms with E-state index in [9.17, 15) is 18.4 Å². The third-order valence-electron chi connectivity index (χ3n) is 6.68. The van der Waals surface area contributed by atoms with Gasteiger partial charge in [-0.15, -0.1) is 8.78 Å². The molecule has 1 N–H and O–H groups in total. The van der Waals surface area contributed by atoms with Crippen LogP contribution in [0, 0.1) is 0 Å². The van der Waals surface area contributed by atoms with Gasteiger partial charge in [-0.05, 0) is 41.8 Å². The van der Waals surface area contributed by atoms with E-state index in [-0.39, 0.29) is 29.6 Å². The van der Waals surface area contributed by atoms with E-state index in [0.29, 0.717) is 16.9 Å². The van der Waals surface area contributed by atoms with Crippen molar-refractivity contribution in [3.8, 4) is 22.8 Å². The maximum atomic E-state index is 13.6. The lowest BCUT2D eigenvalue weighted by molar-refractivity contribution is -0.286. The van der Waals surface area contributed by atoms with Crippen LogP contribution in [0.15, 0.2) is 71.8 Å². The van der Waals surface area contributed by atoms with E-state index in [1.807, 2.05) is 42.5 Å². The number of hydrogen-bond donors (Lipinski definition) is 1. The molecule has 38 heavy (non-hydrogen) atoms. The highest BCUT2D eigenvalue weighted by Gasteiger charge is 2.44. The van der Waals surface area contributed by atoms with Crippen LogP contribution >= 0.6 is 0 Å². The first kappa shape index (κ1) is 22.4. The third kappa shape index (κ3) is 3.74. The number of rotatable bonds is 5. The number of ether oxygens (including phenoxy) is 2. The molecule has 3 aromatic carbocycles. The lowest BCUT2D eigenvalue weighted by Crippen LogP contribution is -2.39. The average molecular weight is 515 g/mol. The van der Waals surface area contributed by atoms with Gasteiger partial charge in [0, 0.05) is 23.4 Å². The summed E-state index contributed by atoms with van der Waals surface area (Å²) in [5.41, 5.74) is 1.74. The Labute approximate surface area is 213 Å². The number of nitrogens with one attached hydrogen (secondary N) is 1. The van der Waals surface area contributed by atoms with Crippen LogP contribution in [0.3, 0.4) is 0 Å². The van der Waals surface area contributed by atoms with Gasteiger partial charge in [-0.1, -0.05) is 36.4 Å². The summed E-state index contributed by atoms with van der Waals surface area (Å²) < 4.78 is 37.2. The number of aromatic nitrogens is 4. The normalized spacial score (nSPS) is 15.7. The number of aromatic amines is 1. The second kappa shape index (κ2) is 8.10. The minimum atomic E-state index is -3.76. The molecule has 0 spiro atoms. The molecule has 0 atom stereocenters. The summed E-state index contributed by atoms with van der Waals surface area (Å²) in [5.74, 6) is -0.667. The quantitative estimate of drug-likeness (QED) is 0.371. The molecule has 190 valence electrons. The van der Waals surface area contributed by atoms with Crippen LogP contribution in [0.5, 0.6) is 11.5 Å². The molecule has 0 bridgehead atoms. The van der Waals surface area contributed by atoms with Gasteiger partial charge in [0.15, 0.2) is 11.5 Å². The number of carbonyl (C=O) groups excluding carboxylic acids is 1. The third-order valence-corrected chi connectivity index (χ3v) is 6.68. The Hall–Kier alpha value is -4.80. The topological polar surface area (TPSA) is 102 Å². The molecule has 1 fully saturated rings. The molecule has 11 heteroatoms. The van der Waals surface area contributed by atoms with E-state index < -0.39 is 17.8 Å². The molecule has 2 aromatic heterocycles. The highest BCUT2D eigenvalue weighted by atomic mass is 19.3. The molecule has 1 aliphatic heterocycles. The number of anilines is 1. The molecular weight excluding hydrogens is 496 g/mol. The Morgan fingerprint density at radius 1 is 1.05 bits per heavy atom. The predicted molar refractivity (Wildman–Crippen MR) is 134 cm³/mol. The van der Waals surface area contributed by atoms with Gasteiger partial charge in [0.25, 0.3) is 5.56 Å². The average Bonchev–Trinajstić information content (AvgIpc) is 3.49. The Kier molecular flexibility index (Phi) is 4.78. The van der Waals surface area contributed by atoms with Gasteiger partial charge in [-0.3, -0.25) is 9.59 Å². The molecule has 1 saturated carbocycles. The number of alkyl halides is 2. The van der Waals surface area contributed by atoms with Crippen LogP contribution in [0.2, 0.25) is 0 Å². The molecular formula is C27H19F2N5O4. The van der Waals surface area contributed by atoms with E-state index in [0.717, 1.165) is 33.9 Å². The molecule has 0 saturated heterocycles. The van der Waals surface area contributed by atoms with E-state index in [2.05, 4.69) is 24.5 Å². The van der Waals surface area contributed by atoms with E-state index >= 15 is 0 Å². The van der Waals surface area contributed by atoms with Crippen LogP contribution in [-0.2, 0) is 11.3 Å². The zero-order chi connectivity index (χ0) is 26.0. The number of H-pyrrole nitrogens is 1. The first-order valence-corrected chi connectivity index (χ1v) is 12.0. The Morgan fingerprint density at radius 2 is 1.84 bits per heavy atom. The molecule has 0 unspecified atom stereocenters. The van der Waals surface area contributed by atoms with Gasteiger partial charge in [0.1, 0.15) is 23.3 Å². The van der Waals surface area contributed by atoms with Crippen molar-refractivity contribution in [2.24, 2.45) is 0 Å². The molecule has 1 aliphatic carbocycles. The highest BCUT2D eigenvalue weighted by molar-refractivity contribution is 5.96. The fraction of sp³-hybridized carbons (Fsp3) is 0.185. The largest absolute Gasteiger partial charge is 0.586 e. The Morgan fingerprint density at radius 3 is 2.66 bits per heavy atom. The van der Waals surface area contributed by atoms with E-state index in [1.165, 1.54) is 29.4 Å². The molecule has 0 radical (unpaired) electrons. The van der Waals surface area contributed by atoms with Gasteiger partial charge in [0.05, 0.1) is 6.33 Å². The first-order chi connectivity index (χ1) is 18.4. The van der Waals surface area contributed by atoms with Crippen LogP contribution in [0.1, 0.15) is 12.8 Å². The van der Waals surface area contributed by atoms with Crippen LogP contribution in [0.4, 0.5) is 14.5 Å². The van der Waals surface area contributed by atoms with Crippen molar-refractivity contribution in [2.45, 2.75) is 31.7 Å². The second-order valence-corrected chi connectivity index (χ2v) is 9.29. The number of fused-ring (bicyclic) bond motifs is 3. The summed E-state index contributed by atoms with van der Waals surface area (Å²) >= 11 is 0. The first-order valence-electron chi connectivity index (χ1n) is 12.0. The monoisotopic (exact) mass is 515 g/mol. The fourth-order valence-corrected chi connectivity index (χ4v) is 4.80. The highest BCUT2D eigenvalue weighted by Crippen LogP contribution is 2.44. The van der Waals surface area contributed by atoms with Crippen molar-refractivity contribution in [1.29, 1.82) is 0 Å². The molecule has 5 aromatic rings. The van der Waals surface area contributed by atoms with Crippen LogP contribution < -0.4 is 19.9 Å². The smallest absolute Gasteiger partial charge is 0.395 e. The van der Waals surface area contributed by atoms with Gasteiger partial charge >= 0.3 is 6.29 Å². The van der Waals surface area contributed by atoms with Gasteiger partial charge in [0.2, 0.25) is 5.91 Å². The summed E-state index contributed by atoms with van der Waals surface area (Å²) in [6, 6.07) is 17.8. The summed E-state index contributed by atoms with van der Waals surface area (Å²) in [6.07, 6.45) is -0.838. The number of benzene rings is 3. The lowest BCUT2D eigenvalue weighted by atomic mass is 10.0. The molecule has 3 heterocycles. The number of nitrogens with zero attached hydrogens (tertiary/aromatic N) is 4. The SMILES string of the molecule is O=C(Cn1nc(-c2ccc3ccccc3c2)c2nc[nH]c2c1=O)N(c1ccc2c(c1)OC(F)(F)O2)C1CC1. The van der Waals surface area contributed by atoms with Crippen molar-refractivity contribution in [2.75, 3.05) is 4.90 Å². The van der Waals surface area contributed by atoms with Gasteiger partial charge in [-0.2, -0.15) is 5.10 Å². The zero-order valence-corrected chi connectivity index (χ0v) is 19.7. The number of halogens is 2. The van der Waals surface area contributed by atoms with E-state index in [4.69, 9.17) is 0 Å². The van der Waals surface area contributed by atoms with Crippen molar-refractivity contribution >= 4 is 33.4 Å². The summed E-state index contributed by atoms with van der Waals surface area (Å²) in [6.45, 7) is -0.352. The molecule has 1 amide bonds. The van der Waals surface area contributed by atoms with Gasteiger partial charge < -0.3 is 19.4 Å². The predicted octanol–water partition coefficient (Wildman–Crippen LogP) is 4.46. The van der Waals surface area contributed by atoms with Crippen LogP contribution in [0.25, 0.3) is 33.1 Å². The number of carbonyl (C=O) groups is 1. The minimum Gasteiger partial charge on any atom is -0.395 e. The zero-order valence-electron chi connectivity index (χ0n) is 19.7. The summed E-state index contributed by atoms with van der Waals surface area (Å²) in [4.78, 5) is 35.5. The van der Waals surface area contributed by atoms with Crippen molar-refractivity contribution in [1.82, 2.24) is 19.7 Å². The van der Waals surface area contributed by atoms with Crippen molar-refractivity contribution in [3.63, 3.8) is 0 Å². The summed E-state index contributed by atoms with van der Waals surface area (Å²) in [5, 5.41) is 6.61. The van der Waals surface area contributed by atoms with Crippen molar-refractivity contribution < 1.29 is 23.0 Å². The number of imidazole rings is 1. The molecule has 7 rings (SSSR count). The van der Waals surface area contributed by atoms with E-state index in [1.54, 1.807) is 0 Å². The standard InChI is InChI=1S/C27H19F2N5O4/c28-27(29)37-20-10-9-19(12-21(20)38-27)34(18-7-8-18)22(35)13-33-26(36)25-24(30-14-31-25)23(32-33)17-6-5-15-3-1-2-4-16(15)11-17/h1-6,9-12,14,18H,7-8,13H2,(H,30,31). The molecule has 9 nitrogen and oxygen atoms in total. The maximum Gasteiger partial charge on any atom is 0.586 e. The Balaban J connectivity index is 1.27. The lowest BCUT2D eigenvalue weighted by Gasteiger charge is -2.23. The molecule has 2 aliphatic rings. The Bertz CT molecular complexity index is 1810. The van der Waals surface area contributed by atoms with Crippen LogP contribution in [-0.4, -0.2) is 38.0 Å². The summed E-state index contributed by atoms with van der Waals surface area (Å²) in [7, 11) is 0.